The summed E-state index contributed by atoms with van der Waals surface area (Å²) in [5, 5.41) is 69.7. The van der Waals surface area contributed by atoms with Crippen molar-refractivity contribution in [1.82, 2.24) is 16.3 Å². The summed E-state index contributed by atoms with van der Waals surface area (Å²) in [5.74, 6) is -5.19. The largest absolute Gasteiger partial charge is 0.504 e. The molecule has 0 fully saturated rings. The molecule has 4 rings (SSSR count). The summed E-state index contributed by atoms with van der Waals surface area (Å²) in [6.45, 7) is 0. The summed E-state index contributed by atoms with van der Waals surface area (Å²) in [5.41, 5.74) is 6.25. The van der Waals surface area contributed by atoms with Gasteiger partial charge >= 0.3 is 0 Å². The van der Waals surface area contributed by atoms with E-state index in [4.69, 9.17) is 0 Å². The van der Waals surface area contributed by atoms with Crippen LogP contribution in [0.1, 0.15) is 47.8 Å². The molecule has 0 unspecified atom stereocenters. The van der Waals surface area contributed by atoms with Crippen LogP contribution in [0.25, 0.3) is 0 Å². The molecule has 4 aromatic carbocycles. The molecule has 0 aromatic heterocycles. The second kappa shape index (κ2) is 13.8. The van der Waals surface area contributed by atoms with Gasteiger partial charge in [-0.15, -0.1) is 0 Å². The van der Waals surface area contributed by atoms with Crippen molar-refractivity contribution in [3.05, 3.63) is 106 Å². The molecule has 0 saturated heterocycles. The van der Waals surface area contributed by atoms with Gasteiger partial charge in [-0.25, -0.2) is 16.3 Å². The van der Waals surface area contributed by atoms with E-state index in [0.29, 0.717) is 0 Å². The number of phenolic OH excluding ortho intramolecular Hbond substituents is 6. The summed E-state index contributed by atoms with van der Waals surface area (Å²) in [6, 6.07) is 15.8. The second-order valence-corrected chi connectivity index (χ2v) is 9.04. The Morgan fingerprint density at radius 1 is 0.467 bits per heavy atom. The molecule has 0 radical (unpaired) electrons. The van der Waals surface area contributed by atoms with Crippen LogP contribution < -0.4 is 16.3 Å². The Bertz CT molecular complexity index is 1650. The molecule has 0 aliphatic carbocycles. The number of para-hydroxylation sites is 3. The number of benzene rings is 4. The van der Waals surface area contributed by atoms with E-state index in [9.17, 15) is 45.0 Å². The van der Waals surface area contributed by atoms with Gasteiger partial charge in [0.2, 0.25) is 0 Å². The molecule has 228 valence electrons. The molecule has 0 bridgehead atoms. The predicted molar refractivity (Wildman–Crippen MR) is 161 cm³/mol. The highest BCUT2D eigenvalue weighted by molar-refractivity contribution is 6.05. The number of hydrogen-bond donors (Lipinski definition) is 9. The molecule has 15 nitrogen and oxygen atoms in total. The minimum Gasteiger partial charge on any atom is -0.504 e. The van der Waals surface area contributed by atoms with E-state index in [1.54, 1.807) is 0 Å². The average molecular weight is 613 g/mol. The predicted octanol–water partition coefficient (Wildman–Crippen LogP) is 2.21. The fraction of sp³-hybridized carbons (Fsp3) is 0. The molecule has 9 N–H and O–H groups in total. The minimum absolute atomic E-state index is 0.0924. The number of hydrazone groups is 3. The third-order valence-electron chi connectivity index (χ3n) is 5.97. The van der Waals surface area contributed by atoms with Crippen molar-refractivity contribution in [2.45, 2.75) is 0 Å². The van der Waals surface area contributed by atoms with Crippen LogP contribution in [0.2, 0.25) is 0 Å². The fourth-order valence-electron chi connectivity index (χ4n) is 3.65. The Kier molecular flexibility index (Phi) is 9.55. The van der Waals surface area contributed by atoms with E-state index >= 15 is 0 Å². The number of carbonyl (C=O) groups excluding carboxylic acids is 3. The van der Waals surface area contributed by atoms with Gasteiger partial charge in [-0.1, -0.05) is 18.2 Å². The molecule has 15 heteroatoms. The second-order valence-electron chi connectivity index (χ2n) is 9.04. The first-order valence-electron chi connectivity index (χ1n) is 12.7. The number of phenols is 6. The monoisotopic (exact) mass is 612 g/mol. The molecule has 4 aromatic rings. The van der Waals surface area contributed by atoms with Crippen LogP contribution in [0, 0.1) is 0 Å². The summed E-state index contributed by atoms with van der Waals surface area (Å²) in [7, 11) is 0. The van der Waals surface area contributed by atoms with Crippen LogP contribution in [-0.2, 0) is 0 Å². The van der Waals surface area contributed by atoms with Gasteiger partial charge in [0.1, 0.15) is 0 Å². The molecule has 0 saturated carbocycles. The van der Waals surface area contributed by atoms with Crippen LogP contribution >= 0.6 is 0 Å². The summed E-state index contributed by atoms with van der Waals surface area (Å²) < 4.78 is 0. The van der Waals surface area contributed by atoms with Crippen molar-refractivity contribution in [2.75, 3.05) is 0 Å². The number of rotatable bonds is 9. The first-order valence-corrected chi connectivity index (χ1v) is 12.7. The Labute approximate surface area is 253 Å². The summed E-state index contributed by atoms with van der Waals surface area (Å²) in [6.07, 6.45) is 3.19. The van der Waals surface area contributed by atoms with Crippen LogP contribution in [0.15, 0.2) is 88.1 Å². The van der Waals surface area contributed by atoms with Crippen molar-refractivity contribution in [3.63, 3.8) is 0 Å². The number of carbonyl (C=O) groups is 3. The van der Waals surface area contributed by atoms with Gasteiger partial charge in [0, 0.05) is 33.4 Å². The maximum Gasteiger partial charge on any atom is 0.271 e. The zero-order valence-electron chi connectivity index (χ0n) is 22.9. The van der Waals surface area contributed by atoms with E-state index < -0.39 is 52.2 Å². The van der Waals surface area contributed by atoms with Gasteiger partial charge in [-0.2, -0.15) is 15.3 Å². The number of amides is 3. The standard InChI is InChI=1S/C30H24N6O9/c37-22-7-1-4-16(25(22)40)13-31-34-28(43)19-10-20(29(44)35-32-14-17-5-2-8-23(38)26(17)41)12-21(11-19)30(45)36-33-15-18-6-3-9-24(39)27(18)42/h1-15,37-42H,(H,34,43)(H,35,44)(H,36,45)/b31-13+,32-14+,33-15+. The molecule has 45 heavy (non-hydrogen) atoms. The van der Waals surface area contributed by atoms with Gasteiger partial charge in [0.25, 0.3) is 17.7 Å². The smallest absolute Gasteiger partial charge is 0.271 e. The quantitative estimate of drug-likeness (QED) is 0.0763. The highest BCUT2D eigenvalue weighted by Crippen LogP contribution is 2.28. The summed E-state index contributed by atoms with van der Waals surface area (Å²) >= 11 is 0. The lowest BCUT2D eigenvalue weighted by atomic mass is 10.0. The number of hydrogen-bond acceptors (Lipinski definition) is 12. The van der Waals surface area contributed by atoms with Crippen LogP contribution in [0.3, 0.4) is 0 Å². The Morgan fingerprint density at radius 2 is 0.733 bits per heavy atom. The lowest BCUT2D eigenvalue weighted by molar-refractivity contribution is 0.0954. The minimum atomic E-state index is -0.865. The van der Waals surface area contributed by atoms with E-state index in [-0.39, 0.29) is 33.4 Å². The van der Waals surface area contributed by atoms with Crippen LogP contribution in [0.5, 0.6) is 34.5 Å². The van der Waals surface area contributed by atoms with E-state index in [1.807, 2.05) is 0 Å². The third-order valence-corrected chi connectivity index (χ3v) is 5.97. The van der Waals surface area contributed by atoms with Crippen LogP contribution in [-0.4, -0.2) is 67.0 Å². The van der Waals surface area contributed by atoms with Crippen molar-refractivity contribution in [1.29, 1.82) is 0 Å². The van der Waals surface area contributed by atoms with Crippen LogP contribution in [0.4, 0.5) is 0 Å². The molecule has 0 aliphatic heterocycles. The summed E-state index contributed by atoms with van der Waals surface area (Å²) in [4.78, 5) is 38.7. The lowest BCUT2D eigenvalue weighted by Gasteiger charge is -2.08. The fourth-order valence-corrected chi connectivity index (χ4v) is 3.65. The van der Waals surface area contributed by atoms with Gasteiger partial charge < -0.3 is 30.6 Å². The molecule has 0 aliphatic rings. The maximum atomic E-state index is 12.9. The number of aromatic hydroxyl groups is 6. The Hall–Kier alpha value is -6.90. The van der Waals surface area contributed by atoms with Crippen molar-refractivity contribution >= 4 is 36.4 Å². The SMILES string of the molecule is O=C(N/N=C/c1cccc(O)c1O)c1cc(C(=O)N/N=C/c2cccc(O)c2O)cc(C(=O)N/N=C/c2cccc(O)c2O)c1. The van der Waals surface area contributed by atoms with E-state index in [0.717, 1.165) is 36.8 Å². The molecular weight excluding hydrogens is 588 g/mol. The number of nitrogens with one attached hydrogen (secondary N) is 3. The zero-order valence-corrected chi connectivity index (χ0v) is 22.9. The first-order chi connectivity index (χ1) is 21.5. The van der Waals surface area contributed by atoms with E-state index in [2.05, 4.69) is 31.6 Å². The van der Waals surface area contributed by atoms with Gasteiger partial charge in [0.15, 0.2) is 34.5 Å². The first kappa shape index (κ1) is 31.0. The zero-order chi connectivity index (χ0) is 32.5. The molecular formula is C30H24N6O9. The highest BCUT2D eigenvalue weighted by Gasteiger charge is 2.17. The third kappa shape index (κ3) is 7.69. The van der Waals surface area contributed by atoms with Gasteiger partial charge in [-0.05, 0) is 54.6 Å². The van der Waals surface area contributed by atoms with Crippen molar-refractivity contribution in [3.8, 4) is 34.5 Å². The van der Waals surface area contributed by atoms with Gasteiger partial charge in [0.05, 0.1) is 18.6 Å². The van der Waals surface area contributed by atoms with Gasteiger partial charge in [-0.3, -0.25) is 14.4 Å². The normalized spacial score (nSPS) is 11.2. The molecule has 0 atom stereocenters. The topological polar surface area (TPSA) is 246 Å². The van der Waals surface area contributed by atoms with Crippen molar-refractivity contribution in [2.24, 2.45) is 15.3 Å². The Morgan fingerprint density at radius 3 is 1.00 bits per heavy atom. The lowest BCUT2D eigenvalue weighted by Crippen LogP contribution is -2.24. The Balaban J connectivity index is 1.58. The molecule has 0 heterocycles. The van der Waals surface area contributed by atoms with Crippen molar-refractivity contribution < 1.29 is 45.0 Å². The maximum absolute atomic E-state index is 12.9. The average Bonchev–Trinajstić information content (AvgIpc) is 3.03. The number of nitrogens with zero attached hydrogens (tertiary/aromatic N) is 3. The van der Waals surface area contributed by atoms with E-state index in [1.165, 1.54) is 54.6 Å². The highest BCUT2D eigenvalue weighted by atomic mass is 16.3. The molecule has 0 spiro atoms. The molecule has 3 amide bonds.